The molecule has 0 bridgehead atoms. The molecule has 0 unspecified atom stereocenters. The molecule has 1 aromatic rings. The van der Waals surface area contributed by atoms with Gasteiger partial charge in [-0.05, 0) is 11.1 Å². The van der Waals surface area contributed by atoms with E-state index in [4.69, 9.17) is 0 Å². The van der Waals surface area contributed by atoms with Crippen LogP contribution in [-0.2, 0) is 9.53 Å². The number of aliphatic hydroxyl groups is 1. The summed E-state index contributed by atoms with van der Waals surface area (Å²) in [6.07, 6.45) is -1.28. The summed E-state index contributed by atoms with van der Waals surface area (Å²) in [5, 5.41) is 21.0. The van der Waals surface area contributed by atoms with Crippen LogP contribution in [0.3, 0.4) is 0 Å². The molecule has 0 aliphatic heterocycles. The highest BCUT2D eigenvalue weighted by atomic mass is 16.6. The second kappa shape index (κ2) is 4.73. The van der Waals surface area contributed by atoms with Crippen molar-refractivity contribution in [2.45, 2.75) is 24.5 Å². The first kappa shape index (κ1) is 12.5. The minimum absolute atomic E-state index is 0.101. The first-order valence-corrected chi connectivity index (χ1v) is 5.53. The third-order valence-electron chi connectivity index (χ3n) is 3.31. The smallest absolute Gasteiger partial charge is 0.306 e. The molecular formula is C12H13NO5. The molecule has 6 heteroatoms. The molecule has 1 aromatic carbocycles. The van der Waals surface area contributed by atoms with E-state index in [0.717, 1.165) is 0 Å². The zero-order valence-electron chi connectivity index (χ0n) is 9.78. The van der Waals surface area contributed by atoms with Crippen LogP contribution in [0.2, 0.25) is 0 Å². The first-order valence-electron chi connectivity index (χ1n) is 5.53. The molecule has 1 aliphatic carbocycles. The van der Waals surface area contributed by atoms with Gasteiger partial charge in [-0.3, -0.25) is 14.9 Å². The van der Waals surface area contributed by atoms with Gasteiger partial charge in [0, 0.05) is 4.92 Å². The molecule has 1 N–H and O–H groups in total. The molecule has 96 valence electrons. The van der Waals surface area contributed by atoms with Gasteiger partial charge in [0.15, 0.2) is 0 Å². The van der Waals surface area contributed by atoms with E-state index in [1.807, 2.05) is 0 Å². The number of hydrogen-bond donors (Lipinski definition) is 1. The highest BCUT2D eigenvalue weighted by molar-refractivity contribution is 5.71. The lowest BCUT2D eigenvalue weighted by Gasteiger charge is -2.14. The molecule has 2 rings (SSSR count). The van der Waals surface area contributed by atoms with Gasteiger partial charge in [-0.15, -0.1) is 0 Å². The van der Waals surface area contributed by atoms with E-state index in [9.17, 15) is 20.0 Å². The van der Waals surface area contributed by atoms with E-state index in [0.29, 0.717) is 11.1 Å². The van der Waals surface area contributed by atoms with Gasteiger partial charge in [-0.2, -0.15) is 0 Å². The van der Waals surface area contributed by atoms with E-state index in [1.165, 1.54) is 7.11 Å². The number of aliphatic hydroxyl groups excluding tert-OH is 1. The van der Waals surface area contributed by atoms with E-state index in [1.54, 1.807) is 24.3 Å². The third-order valence-corrected chi connectivity index (χ3v) is 3.31. The van der Waals surface area contributed by atoms with Crippen LogP contribution in [0.1, 0.15) is 29.6 Å². The van der Waals surface area contributed by atoms with Crippen LogP contribution in [0.4, 0.5) is 0 Å². The quantitative estimate of drug-likeness (QED) is 0.492. The number of nitro groups is 1. The Morgan fingerprint density at radius 3 is 2.61 bits per heavy atom. The first-order chi connectivity index (χ1) is 8.56. The Labute approximate surface area is 103 Å². The van der Waals surface area contributed by atoms with Crippen LogP contribution in [0.25, 0.3) is 0 Å². The number of esters is 1. The number of ether oxygens (including phenoxy) is 1. The van der Waals surface area contributed by atoms with Crippen LogP contribution >= 0.6 is 0 Å². The number of fused-ring (bicyclic) bond motifs is 1. The maximum atomic E-state index is 11.3. The van der Waals surface area contributed by atoms with Crippen molar-refractivity contribution in [1.29, 1.82) is 0 Å². The molecule has 0 aromatic heterocycles. The molecule has 0 radical (unpaired) electrons. The van der Waals surface area contributed by atoms with Crippen molar-refractivity contribution in [3.05, 3.63) is 45.5 Å². The Hall–Kier alpha value is -1.95. The summed E-state index contributed by atoms with van der Waals surface area (Å²) in [4.78, 5) is 21.9. The Kier molecular flexibility index (Phi) is 3.29. The van der Waals surface area contributed by atoms with Crippen LogP contribution in [0.5, 0.6) is 0 Å². The fourth-order valence-electron chi connectivity index (χ4n) is 2.46. The summed E-state index contributed by atoms with van der Waals surface area (Å²) >= 11 is 0. The number of nitrogens with zero attached hydrogens (tertiary/aromatic N) is 1. The SMILES string of the molecule is COC(=O)C[C@H]1c2ccccc2[C@H](O)[C@@H]1[N+](=O)[O-]. The number of carbonyl (C=O) groups excluding carboxylic acids is 1. The maximum absolute atomic E-state index is 11.3. The Balaban J connectivity index is 2.39. The normalized spacial score (nSPS) is 25.6. The van der Waals surface area contributed by atoms with Crippen molar-refractivity contribution in [1.82, 2.24) is 0 Å². The van der Waals surface area contributed by atoms with Crippen LogP contribution in [0.15, 0.2) is 24.3 Å². The summed E-state index contributed by atoms with van der Waals surface area (Å²) in [5.74, 6) is -1.16. The topological polar surface area (TPSA) is 89.7 Å². The third kappa shape index (κ3) is 1.95. The Bertz CT molecular complexity index is 487. The zero-order chi connectivity index (χ0) is 13.3. The molecular weight excluding hydrogens is 238 g/mol. The van der Waals surface area contributed by atoms with E-state index < -0.39 is 29.0 Å². The molecule has 0 spiro atoms. The molecule has 0 fully saturated rings. The van der Waals surface area contributed by atoms with Gasteiger partial charge in [0.05, 0.1) is 19.4 Å². The predicted molar refractivity (Wildman–Crippen MR) is 61.6 cm³/mol. The maximum Gasteiger partial charge on any atom is 0.306 e. The summed E-state index contributed by atoms with van der Waals surface area (Å²) < 4.78 is 4.55. The van der Waals surface area contributed by atoms with Crippen molar-refractivity contribution in [3.63, 3.8) is 0 Å². The van der Waals surface area contributed by atoms with E-state index in [-0.39, 0.29) is 6.42 Å². The summed E-state index contributed by atoms with van der Waals surface area (Å²) in [7, 11) is 1.24. The highest BCUT2D eigenvalue weighted by Gasteiger charge is 2.48. The number of benzene rings is 1. The molecule has 0 saturated carbocycles. The number of hydrogen-bond acceptors (Lipinski definition) is 5. The van der Waals surface area contributed by atoms with Crippen LogP contribution in [-0.4, -0.2) is 29.2 Å². The van der Waals surface area contributed by atoms with Crippen molar-refractivity contribution in [3.8, 4) is 0 Å². The minimum Gasteiger partial charge on any atom is -0.469 e. The monoisotopic (exact) mass is 251 g/mol. The summed E-state index contributed by atoms with van der Waals surface area (Å²) in [6, 6.07) is 5.60. The molecule has 0 heterocycles. The molecule has 0 amide bonds. The molecule has 6 nitrogen and oxygen atoms in total. The predicted octanol–water partition coefficient (Wildman–Crippen LogP) is 1.03. The number of rotatable bonds is 3. The van der Waals surface area contributed by atoms with Crippen LogP contribution < -0.4 is 0 Å². The highest BCUT2D eigenvalue weighted by Crippen LogP contribution is 2.43. The minimum atomic E-state index is -1.19. The molecule has 18 heavy (non-hydrogen) atoms. The second-order valence-corrected chi connectivity index (χ2v) is 4.24. The summed E-state index contributed by atoms with van der Waals surface area (Å²) in [6.45, 7) is 0. The number of methoxy groups -OCH3 is 1. The number of carbonyl (C=O) groups is 1. The van der Waals surface area contributed by atoms with Gasteiger partial charge in [0.1, 0.15) is 6.10 Å². The largest absolute Gasteiger partial charge is 0.469 e. The molecule has 3 atom stereocenters. The second-order valence-electron chi connectivity index (χ2n) is 4.24. The average Bonchev–Trinajstić information content (AvgIpc) is 2.63. The van der Waals surface area contributed by atoms with Gasteiger partial charge < -0.3 is 9.84 Å². The lowest BCUT2D eigenvalue weighted by Crippen LogP contribution is -2.29. The van der Waals surface area contributed by atoms with Gasteiger partial charge in [-0.25, -0.2) is 0 Å². The zero-order valence-corrected chi connectivity index (χ0v) is 9.78. The van der Waals surface area contributed by atoms with Gasteiger partial charge in [0.2, 0.25) is 6.04 Å². The van der Waals surface area contributed by atoms with Crippen molar-refractivity contribution < 1.29 is 19.6 Å². The van der Waals surface area contributed by atoms with Gasteiger partial charge in [0.25, 0.3) is 0 Å². The Morgan fingerprint density at radius 1 is 1.44 bits per heavy atom. The van der Waals surface area contributed by atoms with E-state index in [2.05, 4.69) is 4.74 Å². The van der Waals surface area contributed by atoms with Gasteiger partial charge in [-0.1, -0.05) is 24.3 Å². The van der Waals surface area contributed by atoms with Crippen molar-refractivity contribution in [2.24, 2.45) is 0 Å². The molecule has 0 saturated heterocycles. The summed E-state index contributed by atoms with van der Waals surface area (Å²) in [5.41, 5.74) is 1.17. The van der Waals surface area contributed by atoms with Crippen molar-refractivity contribution >= 4 is 5.97 Å². The van der Waals surface area contributed by atoms with E-state index >= 15 is 0 Å². The average molecular weight is 251 g/mol. The lowest BCUT2D eigenvalue weighted by atomic mass is 9.95. The lowest BCUT2D eigenvalue weighted by molar-refractivity contribution is -0.537. The van der Waals surface area contributed by atoms with Gasteiger partial charge >= 0.3 is 5.97 Å². The Morgan fingerprint density at radius 2 is 2.06 bits per heavy atom. The van der Waals surface area contributed by atoms with Crippen LogP contribution in [0, 0.1) is 10.1 Å². The standard InChI is InChI=1S/C12H13NO5/c1-18-10(14)6-9-7-4-2-3-5-8(7)12(15)11(9)13(16)17/h2-5,9,11-12,15H,6H2,1H3/t9-,11+,12-/m0/s1. The fraction of sp³-hybridized carbons (Fsp3) is 0.417. The van der Waals surface area contributed by atoms with Crippen molar-refractivity contribution in [2.75, 3.05) is 7.11 Å². The molecule has 1 aliphatic rings. The fourth-order valence-corrected chi connectivity index (χ4v) is 2.46.